The molecule has 3 N–H and O–H groups in total. The van der Waals surface area contributed by atoms with Crippen molar-refractivity contribution in [2.75, 3.05) is 27.4 Å². The second kappa shape index (κ2) is 17.8. The molecule has 1 saturated carbocycles. The predicted molar refractivity (Wildman–Crippen MR) is 215 cm³/mol. The van der Waals surface area contributed by atoms with Gasteiger partial charge in [-0.3, -0.25) is 4.79 Å². The van der Waals surface area contributed by atoms with Crippen LogP contribution in [0.3, 0.4) is 0 Å². The van der Waals surface area contributed by atoms with Gasteiger partial charge >= 0.3 is 0 Å². The van der Waals surface area contributed by atoms with Crippen molar-refractivity contribution in [2.45, 2.75) is 77.0 Å². The third kappa shape index (κ3) is 8.11. The normalized spacial score (nSPS) is 15.0. The lowest BCUT2D eigenvalue weighted by atomic mass is 9.94. The number of hydrogen-bond acceptors (Lipinski definition) is 10. The molecule has 290 valence electrons. The van der Waals surface area contributed by atoms with Crippen LogP contribution in [0.1, 0.15) is 67.2 Å². The second-order valence-corrected chi connectivity index (χ2v) is 14.3. The first kappa shape index (κ1) is 38.5. The van der Waals surface area contributed by atoms with E-state index in [2.05, 4.69) is 47.9 Å². The highest BCUT2D eigenvalue weighted by Crippen LogP contribution is 2.39. The zero-order valence-corrected chi connectivity index (χ0v) is 32.1. The summed E-state index contributed by atoms with van der Waals surface area (Å²) in [5.74, 6) is 1.99. The van der Waals surface area contributed by atoms with Crippen molar-refractivity contribution in [3.8, 4) is 45.8 Å². The molecule has 0 unspecified atom stereocenters. The van der Waals surface area contributed by atoms with Gasteiger partial charge in [0.1, 0.15) is 23.1 Å². The molecule has 2 aromatic heterocycles. The number of hydrogen-bond donors (Lipinski definition) is 3. The van der Waals surface area contributed by atoms with Crippen LogP contribution >= 0.6 is 0 Å². The molecule has 12 nitrogen and oxygen atoms in total. The molecule has 56 heavy (non-hydrogen) atoms. The lowest BCUT2D eigenvalue weighted by Crippen LogP contribution is -2.34. The number of rotatable bonds is 11. The fourth-order valence-electron chi connectivity index (χ4n) is 8.03. The van der Waals surface area contributed by atoms with Crippen molar-refractivity contribution in [1.29, 1.82) is 5.26 Å². The lowest BCUT2D eigenvalue weighted by Gasteiger charge is -2.24. The van der Waals surface area contributed by atoms with Gasteiger partial charge in [0.05, 0.1) is 42.7 Å². The van der Waals surface area contributed by atoms with Gasteiger partial charge in [0.25, 0.3) is 6.47 Å². The summed E-state index contributed by atoms with van der Waals surface area (Å²) in [5, 5.41) is 30.2. The van der Waals surface area contributed by atoms with Crippen molar-refractivity contribution < 1.29 is 28.5 Å². The number of aromatic nitrogens is 3. The van der Waals surface area contributed by atoms with Crippen LogP contribution in [0.5, 0.6) is 11.5 Å². The first-order valence-electron chi connectivity index (χ1n) is 19.2. The molecule has 0 atom stereocenters. The summed E-state index contributed by atoms with van der Waals surface area (Å²) >= 11 is 0. The largest absolute Gasteiger partial charge is 0.496 e. The van der Waals surface area contributed by atoms with Gasteiger partial charge in [-0.1, -0.05) is 43.5 Å². The van der Waals surface area contributed by atoms with E-state index in [-0.39, 0.29) is 6.47 Å². The Balaban J connectivity index is 0.00000155. The van der Waals surface area contributed by atoms with E-state index in [4.69, 9.17) is 38.6 Å². The van der Waals surface area contributed by atoms with Gasteiger partial charge < -0.3 is 34.4 Å². The standard InChI is InChI=1S/C43H46N6O4.CH2O2/c1-27-33(11-7-12-34(27)43-48-38-20-28(19-29(23-44)42(38)53-43)24-45-30-9-5-4-6-10-30)35-13-8-14-39-36(35)26-47-49(39)32-21-40(50-2)37(41(22-32)51-3)25-46-31-15-17-52-18-16-31;2-1-3/h7-8,11-14,19-22,26,30-31,45-46H,4-6,9-10,15-18,24-25H2,1-3H3;1H,(H,2,3). The Morgan fingerprint density at radius 3 is 2.29 bits per heavy atom. The molecule has 2 fully saturated rings. The number of fused-ring (bicyclic) bond motifs is 2. The Hall–Kier alpha value is -5.74. The van der Waals surface area contributed by atoms with Crippen molar-refractivity contribution in [2.24, 2.45) is 0 Å². The fraction of sp³-hybridized carbons (Fsp3) is 0.364. The van der Waals surface area contributed by atoms with Gasteiger partial charge in [0.2, 0.25) is 5.89 Å². The SMILES string of the molecule is COc1cc(-n2ncc3c(-c4cccc(-c5nc6cc(CNC7CCCCC7)cc(C#N)c6o5)c4C)cccc32)cc(OC)c1CNC1CCOCC1.O=CO. The maximum atomic E-state index is 10.0. The molecule has 8 rings (SSSR count). The summed E-state index contributed by atoms with van der Waals surface area (Å²) in [6.45, 7) is 4.75. The Kier molecular flexibility index (Phi) is 12.3. The monoisotopic (exact) mass is 756 g/mol. The average molecular weight is 757 g/mol. The number of nitriles is 1. The van der Waals surface area contributed by atoms with Gasteiger partial charge in [-0.15, -0.1) is 0 Å². The van der Waals surface area contributed by atoms with Crippen LogP contribution in [0.4, 0.5) is 0 Å². The quantitative estimate of drug-likeness (QED) is 0.110. The Labute approximate surface area is 326 Å². The van der Waals surface area contributed by atoms with Crippen LogP contribution < -0.4 is 20.1 Å². The number of methoxy groups -OCH3 is 2. The number of carbonyl (C=O) groups is 1. The van der Waals surface area contributed by atoms with E-state index in [0.717, 1.165) is 87.5 Å². The van der Waals surface area contributed by atoms with Gasteiger partial charge in [-0.25, -0.2) is 9.67 Å². The van der Waals surface area contributed by atoms with Crippen molar-refractivity contribution >= 4 is 28.5 Å². The molecule has 4 aromatic carbocycles. The van der Waals surface area contributed by atoms with E-state index in [1.165, 1.54) is 32.1 Å². The van der Waals surface area contributed by atoms with Gasteiger partial charge in [-0.2, -0.15) is 10.4 Å². The van der Waals surface area contributed by atoms with Crippen LogP contribution in [0.15, 0.2) is 71.3 Å². The highest BCUT2D eigenvalue weighted by Gasteiger charge is 2.22. The Bertz CT molecular complexity index is 2320. The van der Waals surface area contributed by atoms with Crippen LogP contribution in [-0.2, 0) is 22.6 Å². The van der Waals surface area contributed by atoms with Crippen LogP contribution in [0.2, 0.25) is 0 Å². The van der Waals surface area contributed by atoms with Gasteiger partial charge in [0, 0.05) is 61.5 Å². The van der Waals surface area contributed by atoms with E-state index in [1.54, 1.807) is 14.2 Å². The molecule has 0 spiro atoms. The minimum absolute atomic E-state index is 0.250. The van der Waals surface area contributed by atoms with E-state index < -0.39 is 0 Å². The molecular weight excluding hydrogens is 709 g/mol. The number of carboxylic acid groups (broad SMARTS) is 1. The fourth-order valence-corrected chi connectivity index (χ4v) is 8.03. The minimum atomic E-state index is -0.250. The Morgan fingerprint density at radius 2 is 1.57 bits per heavy atom. The maximum absolute atomic E-state index is 10.0. The topological polar surface area (TPSA) is 157 Å². The highest BCUT2D eigenvalue weighted by molar-refractivity contribution is 5.97. The number of nitrogens with zero attached hydrogens (tertiary/aromatic N) is 4. The van der Waals surface area contributed by atoms with Crippen molar-refractivity contribution in [1.82, 2.24) is 25.4 Å². The molecule has 0 amide bonds. The lowest BCUT2D eigenvalue weighted by molar-refractivity contribution is -0.122. The summed E-state index contributed by atoms with van der Waals surface area (Å²) in [4.78, 5) is 13.3. The van der Waals surface area contributed by atoms with Gasteiger partial charge in [-0.05, 0) is 79.1 Å². The smallest absolute Gasteiger partial charge is 0.290 e. The first-order chi connectivity index (χ1) is 27.5. The summed E-state index contributed by atoms with van der Waals surface area (Å²) in [6, 6.07) is 23.7. The molecule has 2 aliphatic rings. The summed E-state index contributed by atoms with van der Waals surface area (Å²) < 4.78 is 25.6. The van der Waals surface area contributed by atoms with Crippen molar-refractivity contribution in [3.63, 3.8) is 0 Å². The van der Waals surface area contributed by atoms with E-state index in [1.807, 2.05) is 47.3 Å². The highest BCUT2D eigenvalue weighted by atomic mass is 16.5. The molecule has 1 aliphatic carbocycles. The number of oxazole rings is 1. The van der Waals surface area contributed by atoms with Crippen LogP contribution in [0.25, 0.3) is 50.3 Å². The zero-order chi connectivity index (χ0) is 39.0. The molecule has 0 radical (unpaired) electrons. The molecular formula is C44H48N6O6. The third-order valence-electron chi connectivity index (χ3n) is 11.0. The summed E-state index contributed by atoms with van der Waals surface area (Å²) in [6.07, 6.45) is 10.2. The molecule has 6 aromatic rings. The van der Waals surface area contributed by atoms with E-state index in [9.17, 15) is 5.26 Å². The average Bonchev–Trinajstić information content (AvgIpc) is 3.88. The van der Waals surface area contributed by atoms with Crippen molar-refractivity contribution in [3.05, 3.63) is 89.1 Å². The molecule has 12 heteroatoms. The maximum Gasteiger partial charge on any atom is 0.290 e. The number of benzene rings is 4. The molecule has 1 saturated heterocycles. The number of ether oxygens (including phenoxy) is 3. The molecule has 0 bridgehead atoms. The van der Waals surface area contributed by atoms with Crippen LogP contribution in [0, 0.1) is 18.3 Å². The summed E-state index contributed by atoms with van der Waals surface area (Å²) in [7, 11) is 3.38. The zero-order valence-electron chi connectivity index (χ0n) is 32.1. The van der Waals surface area contributed by atoms with E-state index >= 15 is 0 Å². The first-order valence-corrected chi connectivity index (χ1v) is 19.2. The van der Waals surface area contributed by atoms with E-state index in [0.29, 0.717) is 47.7 Å². The summed E-state index contributed by atoms with van der Waals surface area (Å²) in [5.41, 5.74) is 9.57. The number of nitrogens with one attached hydrogen (secondary N) is 2. The van der Waals surface area contributed by atoms with Crippen LogP contribution in [-0.4, -0.2) is 65.9 Å². The predicted octanol–water partition coefficient (Wildman–Crippen LogP) is 8.09. The third-order valence-corrected chi connectivity index (χ3v) is 11.0. The minimum Gasteiger partial charge on any atom is -0.496 e. The molecule has 1 aliphatic heterocycles. The second-order valence-electron chi connectivity index (χ2n) is 14.3. The van der Waals surface area contributed by atoms with Gasteiger partial charge in [0.15, 0.2) is 5.58 Å². The molecule has 3 heterocycles. The Morgan fingerprint density at radius 1 is 0.911 bits per heavy atom.